The topological polar surface area (TPSA) is 72.0 Å². The van der Waals surface area contributed by atoms with Crippen LogP contribution in [0.2, 0.25) is 0 Å². The van der Waals surface area contributed by atoms with Crippen molar-refractivity contribution in [2.24, 2.45) is 0 Å². The minimum absolute atomic E-state index is 0.0803. The van der Waals surface area contributed by atoms with Crippen LogP contribution in [0.5, 0.6) is 0 Å². The lowest BCUT2D eigenvalue weighted by molar-refractivity contribution is 0.0372. The fourth-order valence-corrected chi connectivity index (χ4v) is 2.83. The van der Waals surface area contributed by atoms with Gasteiger partial charge < -0.3 is 15.4 Å². The lowest BCUT2D eigenvalue weighted by Crippen LogP contribution is -2.42. The van der Waals surface area contributed by atoms with E-state index in [2.05, 4.69) is 25.6 Å². The van der Waals surface area contributed by atoms with Gasteiger partial charge >= 0.3 is 0 Å². The van der Waals surface area contributed by atoms with Crippen molar-refractivity contribution in [1.29, 1.82) is 0 Å². The maximum Gasteiger partial charge on any atom is 0.154 e. The van der Waals surface area contributed by atoms with E-state index in [9.17, 15) is 4.39 Å². The summed E-state index contributed by atoms with van der Waals surface area (Å²) < 4.78 is 18.9. The number of nitrogens with one attached hydrogen (secondary N) is 2. The number of anilines is 1. The summed E-state index contributed by atoms with van der Waals surface area (Å²) in [6.07, 6.45) is 3.37. The van der Waals surface area contributed by atoms with Gasteiger partial charge in [-0.2, -0.15) is 0 Å². The van der Waals surface area contributed by atoms with Crippen LogP contribution in [-0.4, -0.2) is 47.3 Å². The highest BCUT2D eigenvalue weighted by molar-refractivity contribution is 5.88. The van der Waals surface area contributed by atoms with E-state index in [-0.39, 0.29) is 11.9 Å². The van der Waals surface area contributed by atoms with Crippen LogP contribution in [0.25, 0.3) is 22.3 Å². The average molecular weight is 339 g/mol. The first-order valence-electron chi connectivity index (χ1n) is 8.23. The summed E-state index contributed by atoms with van der Waals surface area (Å²) in [7, 11) is 0. The summed E-state index contributed by atoms with van der Waals surface area (Å²) in [5.41, 5.74) is 2.99. The molecule has 2 N–H and O–H groups in total. The van der Waals surface area contributed by atoms with Crippen LogP contribution in [0.15, 0.2) is 42.7 Å². The van der Waals surface area contributed by atoms with Crippen molar-refractivity contribution in [3.8, 4) is 11.3 Å². The summed E-state index contributed by atoms with van der Waals surface area (Å²) in [6, 6.07) is 8.12. The fraction of sp³-hybridized carbons (Fsp3) is 0.278. The van der Waals surface area contributed by atoms with Crippen LogP contribution < -0.4 is 10.6 Å². The maximum atomic E-state index is 13.2. The molecule has 2 aromatic heterocycles. The van der Waals surface area contributed by atoms with Crippen molar-refractivity contribution >= 4 is 16.9 Å². The number of benzene rings is 1. The first-order valence-corrected chi connectivity index (χ1v) is 8.23. The van der Waals surface area contributed by atoms with Gasteiger partial charge in [-0.15, -0.1) is 0 Å². The molecular formula is C18H18FN5O. The highest BCUT2D eigenvalue weighted by Gasteiger charge is 2.15. The van der Waals surface area contributed by atoms with Crippen LogP contribution in [0.1, 0.15) is 0 Å². The Morgan fingerprint density at radius 1 is 1.20 bits per heavy atom. The Kier molecular flexibility index (Phi) is 4.49. The molecule has 3 aromatic rings. The number of nitrogens with zero attached hydrogens (tertiary/aromatic N) is 3. The van der Waals surface area contributed by atoms with Crippen molar-refractivity contribution in [2.75, 3.05) is 31.6 Å². The minimum Gasteiger partial charge on any atom is -0.374 e. The Morgan fingerprint density at radius 3 is 2.84 bits per heavy atom. The van der Waals surface area contributed by atoms with E-state index in [1.807, 2.05) is 6.07 Å². The summed E-state index contributed by atoms with van der Waals surface area (Å²) in [6.45, 7) is 3.01. The van der Waals surface area contributed by atoms with Gasteiger partial charge in [-0.05, 0) is 30.3 Å². The van der Waals surface area contributed by atoms with E-state index in [1.54, 1.807) is 24.5 Å². The van der Waals surface area contributed by atoms with Gasteiger partial charge in [0, 0.05) is 37.6 Å². The quantitative estimate of drug-likeness (QED) is 0.759. The van der Waals surface area contributed by atoms with Gasteiger partial charge in [0.05, 0.1) is 23.9 Å². The Labute approximate surface area is 144 Å². The Morgan fingerprint density at radius 2 is 2.04 bits per heavy atom. The number of morpholine rings is 1. The zero-order valence-electron chi connectivity index (χ0n) is 13.6. The zero-order valence-corrected chi connectivity index (χ0v) is 13.6. The van der Waals surface area contributed by atoms with Crippen molar-refractivity contribution in [3.63, 3.8) is 0 Å². The molecule has 0 spiro atoms. The lowest BCUT2D eigenvalue weighted by Gasteiger charge is -2.24. The number of aromatic nitrogens is 3. The molecular weight excluding hydrogens is 321 g/mol. The number of hydrogen-bond donors (Lipinski definition) is 2. The Hall–Kier alpha value is -2.64. The third kappa shape index (κ3) is 3.57. The highest BCUT2D eigenvalue weighted by atomic mass is 19.1. The fourth-order valence-electron chi connectivity index (χ4n) is 2.83. The first kappa shape index (κ1) is 15.9. The van der Waals surface area contributed by atoms with Gasteiger partial charge in [-0.1, -0.05) is 0 Å². The second kappa shape index (κ2) is 7.08. The van der Waals surface area contributed by atoms with Crippen LogP contribution in [0, 0.1) is 5.82 Å². The molecule has 1 fully saturated rings. The SMILES string of the molecule is Fc1ccc(-c2cc3nccnc3c(NC[C@@H]3CNCCO3)n2)cc1. The lowest BCUT2D eigenvalue weighted by atomic mass is 10.1. The summed E-state index contributed by atoms with van der Waals surface area (Å²) in [5.74, 6) is 0.378. The molecule has 1 saturated heterocycles. The summed E-state index contributed by atoms with van der Waals surface area (Å²) in [4.78, 5) is 13.4. The summed E-state index contributed by atoms with van der Waals surface area (Å²) >= 11 is 0. The second-order valence-corrected chi connectivity index (χ2v) is 5.86. The molecule has 0 saturated carbocycles. The van der Waals surface area contributed by atoms with Crippen LogP contribution in [0.3, 0.4) is 0 Å². The van der Waals surface area contributed by atoms with E-state index >= 15 is 0 Å². The molecule has 6 nitrogen and oxygen atoms in total. The number of rotatable bonds is 4. The molecule has 0 aliphatic carbocycles. The van der Waals surface area contributed by atoms with E-state index in [4.69, 9.17) is 4.74 Å². The highest BCUT2D eigenvalue weighted by Crippen LogP contribution is 2.25. The van der Waals surface area contributed by atoms with Crippen LogP contribution in [0.4, 0.5) is 10.2 Å². The molecule has 0 bridgehead atoms. The monoisotopic (exact) mass is 339 g/mol. The third-order valence-electron chi connectivity index (χ3n) is 4.10. The van der Waals surface area contributed by atoms with E-state index in [0.29, 0.717) is 24.5 Å². The van der Waals surface area contributed by atoms with E-state index in [1.165, 1.54) is 12.1 Å². The molecule has 0 unspecified atom stereocenters. The number of fused-ring (bicyclic) bond motifs is 1. The normalized spacial score (nSPS) is 17.6. The van der Waals surface area contributed by atoms with Crippen molar-refractivity contribution in [2.45, 2.75) is 6.10 Å². The largest absolute Gasteiger partial charge is 0.374 e. The minimum atomic E-state index is -0.273. The number of pyridine rings is 1. The predicted octanol–water partition coefficient (Wildman–Crippen LogP) is 2.23. The van der Waals surface area contributed by atoms with E-state index < -0.39 is 0 Å². The molecule has 3 heterocycles. The Bertz CT molecular complexity index is 865. The van der Waals surface area contributed by atoms with Gasteiger partial charge in [0.25, 0.3) is 0 Å². The smallest absolute Gasteiger partial charge is 0.154 e. The van der Waals surface area contributed by atoms with Crippen molar-refractivity contribution in [1.82, 2.24) is 20.3 Å². The molecule has 1 aliphatic heterocycles. The molecule has 7 heteroatoms. The van der Waals surface area contributed by atoms with Crippen LogP contribution >= 0.6 is 0 Å². The van der Waals surface area contributed by atoms with Gasteiger partial charge in [-0.25, -0.2) is 14.4 Å². The van der Waals surface area contributed by atoms with Crippen molar-refractivity contribution in [3.05, 3.63) is 48.5 Å². The molecule has 25 heavy (non-hydrogen) atoms. The second-order valence-electron chi connectivity index (χ2n) is 5.86. The van der Waals surface area contributed by atoms with Crippen molar-refractivity contribution < 1.29 is 9.13 Å². The molecule has 1 atom stereocenters. The summed E-state index contributed by atoms with van der Waals surface area (Å²) in [5, 5.41) is 6.63. The number of ether oxygens (including phenoxy) is 1. The molecule has 1 aromatic carbocycles. The number of hydrogen-bond acceptors (Lipinski definition) is 6. The van der Waals surface area contributed by atoms with Gasteiger partial charge in [0.15, 0.2) is 5.82 Å². The number of halogens is 1. The Balaban J connectivity index is 1.67. The van der Waals surface area contributed by atoms with Crippen LogP contribution in [-0.2, 0) is 4.74 Å². The molecule has 0 amide bonds. The average Bonchev–Trinajstić information content (AvgIpc) is 2.67. The zero-order chi connectivity index (χ0) is 17.1. The van der Waals surface area contributed by atoms with Gasteiger partial charge in [0.2, 0.25) is 0 Å². The van der Waals surface area contributed by atoms with Gasteiger partial charge in [-0.3, -0.25) is 4.98 Å². The first-order chi connectivity index (χ1) is 12.3. The van der Waals surface area contributed by atoms with E-state index in [0.717, 1.165) is 29.9 Å². The molecule has 0 radical (unpaired) electrons. The predicted molar refractivity (Wildman–Crippen MR) is 93.8 cm³/mol. The standard InChI is InChI=1S/C18H18FN5O/c19-13-3-1-12(2-4-13)15-9-16-17(22-6-5-21-16)18(24-15)23-11-14-10-20-7-8-25-14/h1-6,9,14,20H,7-8,10-11H2,(H,23,24)/t14-/m0/s1. The molecule has 4 rings (SSSR count). The molecule has 128 valence electrons. The third-order valence-corrected chi connectivity index (χ3v) is 4.10. The maximum absolute atomic E-state index is 13.2. The van der Waals surface area contributed by atoms with Gasteiger partial charge in [0.1, 0.15) is 11.3 Å². The molecule has 1 aliphatic rings.